The predicted molar refractivity (Wildman–Crippen MR) is 71.9 cm³/mol. The van der Waals surface area contributed by atoms with Crippen LogP contribution in [0.4, 0.5) is 21.5 Å². The first kappa shape index (κ1) is 14.4. The minimum absolute atomic E-state index is 0.0751. The highest BCUT2D eigenvalue weighted by Gasteiger charge is 2.18. The Bertz CT molecular complexity index is 688. The number of rotatable bonds is 4. The van der Waals surface area contributed by atoms with Gasteiger partial charge in [0, 0.05) is 6.07 Å². The van der Waals surface area contributed by atoms with Gasteiger partial charge in [0.15, 0.2) is 11.5 Å². The van der Waals surface area contributed by atoms with Gasteiger partial charge in [-0.3, -0.25) is 10.1 Å². The molecule has 1 N–H and O–H groups in total. The molecule has 0 radical (unpaired) electrons. The van der Waals surface area contributed by atoms with E-state index in [1.807, 2.05) is 0 Å². The van der Waals surface area contributed by atoms with Crippen LogP contribution < -0.4 is 5.32 Å². The van der Waals surface area contributed by atoms with E-state index in [2.05, 4.69) is 15.0 Å². The third kappa shape index (κ3) is 3.11. The van der Waals surface area contributed by atoms with Crippen molar-refractivity contribution in [2.75, 3.05) is 12.4 Å². The van der Waals surface area contributed by atoms with Gasteiger partial charge in [-0.25, -0.2) is 14.2 Å². The first-order chi connectivity index (χ1) is 10.0. The van der Waals surface area contributed by atoms with E-state index in [1.165, 1.54) is 37.6 Å². The monoisotopic (exact) mass is 291 g/mol. The van der Waals surface area contributed by atoms with Crippen molar-refractivity contribution in [1.82, 2.24) is 4.98 Å². The van der Waals surface area contributed by atoms with E-state index in [0.717, 1.165) is 6.07 Å². The summed E-state index contributed by atoms with van der Waals surface area (Å²) in [5.41, 5.74) is -0.288. The average molecular weight is 291 g/mol. The van der Waals surface area contributed by atoms with Gasteiger partial charge in [0.2, 0.25) is 0 Å². The second kappa shape index (κ2) is 5.95. The molecule has 0 aliphatic carbocycles. The van der Waals surface area contributed by atoms with Gasteiger partial charge in [-0.15, -0.1) is 0 Å². The molecule has 1 aromatic heterocycles. The number of esters is 1. The Balaban J connectivity index is 2.30. The fourth-order valence-electron chi connectivity index (χ4n) is 1.63. The summed E-state index contributed by atoms with van der Waals surface area (Å²) in [6.45, 7) is 0. The molecule has 0 fully saturated rings. The maximum atomic E-state index is 13.7. The molecule has 0 amide bonds. The number of carbonyl (C=O) groups is 1. The lowest BCUT2D eigenvalue weighted by molar-refractivity contribution is -0.384. The summed E-state index contributed by atoms with van der Waals surface area (Å²) in [6, 6.07) is 6.33. The molecule has 0 saturated carbocycles. The number of nitrogens with one attached hydrogen (secondary N) is 1. The molecule has 0 atom stereocenters. The Labute approximate surface area is 118 Å². The van der Waals surface area contributed by atoms with Gasteiger partial charge >= 0.3 is 5.97 Å². The fraction of sp³-hybridized carbons (Fsp3) is 0.0769. The number of para-hydroxylation sites is 1. The standard InChI is InChI=1S/C13H10FN3O4/c1-21-13(18)10-6-5-8(7-15-10)16-12-9(14)3-2-4-11(12)17(19)20/h2-7,16H,1H3. The summed E-state index contributed by atoms with van der Waals surface area (Å²) < 4.78 is 18.2. The molecule has 2 aromatic rings. The highest BCUT2D eigenvalue weighted by atomic mass is 19.1. The third-order valence-corrected chi connectivity index (χ3v) is 2.62. The van der Waals surface area contributed by atoms with Crippen LogP contribution in [0.25, 0.3) is 0 Å². The third-order valence-electron chi connectivity index (χ3n) is 2.62. The van der Waals surface area contributed by atoms with Crippen LogP contribution in [0.15, 0.2) is 36.5 Å². The maximum absolute atomic E-state index is 13.7. The van der Waals surface area contributed by atoms with Gasteiger partial charge in [0.1, 0.15) is 5.69 Å². The zero-order valence-corrected chi connectivity index (χ0v) is 10.9. The number of hydrogen-bond donors (Lipinski definition) is 1. The molecular formula is C13H10FN3O4. The van der Waals surface area contributed by atoms with Crippen LogP contribution in [0.5, 0.6) is 0 Å². The molecule has 2 rings (SSSR count). The van der Waals surface area contributed by atoms with Crippen LogP contribution in [-0.4, -0.2) is 23.0 Å². The number of hydrogen-bond acceptors (Lipinski definition) is 6. The van der Waals surface area contributed by atoms with Gasteiger partial charge in [-0.05, 0) is 18.2 Å². The molecule has 8 heteroatoms. The van der Waals surface area contributed by atoms with Crippen molar-refractivity contribution >= 4 is 23.0 Å². The molecule has 0 aliphatic rings. The van der Waals surface area contributed by atoms with E-state index in [9.17, 15) is 19.3 Å². The van der Waals surface area contributed by atoms with Crippen LogP contribution in [-0.2, 0) is 4.74 Å². The van der Waals surface area contributed by atoms with Crippen LogP contribution in [0, 0.1) is 15.9 Å². The molecule has 0 saturated heterocycles. The van der Waals surface area contributed by atoms with Crippen molar-refractivity contribution in [2.45, 2.75) is 0 Å². The minimum Gasteiger partial charge on any atom is -0.464 e. The fourth-order valence-corrected chi connectivity index (χ4v) is 1.63. The first-order valence-corrected chi connectivity index (χ1v) is 5.77. The molecule has 21 heavy (non-hydrogen) atoms. The van der Waals surface area contributed by atoms with E-state index in [1.54, 1.807) is 0 Å². The second-order valence-electron chi connectivity index (χ2n) is 3.94. The lowest BCUT2D eigenvalue weighted by Gasteiger charge is -2.08. The number of ether oxygens (including phenoxy) is 1. The SMILES string of the molecule is COC(=O)c1ccc(Nc2c(F)cccc2[N+](=O)[O-])cn1. The van der Waals surface area contributed by atoms with Gasteiger partial charge in [0.05, 0.1) is 23.9 Å². The smallest absolute Gasteiger partial charge is 0.356 e. The molecule has 0 bridgehead atoms. The molecule has 1 aromatic carbocycles. The van der Waals surface area contributed by atoms with Gasteiger partial charge in [0.25, 0.3) is 5.69 Å². The van der Waals surface area contributed by atoms with Gasteiger partial charge < -0.3 is 10.1 Å². The predicted octanol–water partition coefficient (Wildman–Crippen LogP) is 2.66. The molecule has 7 nitrogen and oxygen atoms in total. The summed E-state index contributed by atoms with van der Waals surface area (Å²) in [7, 11) is 1.22. The minimum atomic E-state index is -0.763. The maximum Gasteiger partial charge on any atom is 0.356 e. The largest absolute Gasteiger partial charge is 0.464 e. The Morgan fingerprint density at radius 3 is 2.71 bits per heavy atom. The van der Waals surface area contributed by atoms with Crippen LogP contribution >= 0.6 is 0 Å². The number of carbonyl (C=O) groups excluding carboxylic acids is 1. The zero-order chi connectivity index (χ0) is 15.4. The van der Waals surface area contributed by atoms with E-state index in [-0.39, 0.29) is 11.4 Å². The highest BCUT2D eigenvalue weighted by Crippen LogP contribution is 2.29. The molecule has 0 unspecified atom stereocenters. The summed E-state index contributed by atoms with van der Waals surface area (Å²) in [5.74, 6) is -1.38. The number of benzene rings is 1. The lowest BCUT2D eigenvalue weighted by atomic mass is 10.2. The van der Waals surface area contributed by atoms with E-state index >= 15 is 0 Å². The summed E-state index contributed by atoms with van der Waals surface area (Å²) in [6.07, 6.45) is 1.25. The number of methoxy groups -OCH3 is 1. The van der Waals surface area contributed by atoms with Gasteiger partial charge in [-0.2, -0.15) is 0 Å². The normalized spacial score (nSPS) is 10.0. The number of nitro groups is 1. The van der Waals surface area contributed by atoms with Crippen molar-refractivity contribution in [3.05, 3.63) is 58.2 Å². The molecule has 0 aliphatic heterocycles. The van der Waals surface area contributed by atoms with E-state index in [0.29, 0.717) is 5.69 Å². The van der Waals surface area contributed by atoms with Crippen molar-refractivity contribution in [2.24, 2.45) is 0 Å². The molecular weight excluding hydrogens is 281 g/mol. The van der Waals surface area contributed by atoms with Crippen molar-refractivity contribution < 1.29 is 18.8 Å². The first-order valence-electron chi connectivity index (χ1n) is 5.77. The topological polar surface area (TPSA) is 94.4 Å². The van der Waals surface area contributed by atoms with Crippen molar-refractivity contribution in [3.63, 3.8) is 0 Å². The van der Waals surface area contributed by atoms with Crippen LogP contribution in [0.1, 0.15) is 10.5 Å². The quantitative estimate of drug-likeness (QED) is 0.528. The average Bonchev–Trinajstić information content (AvgIpc) is 2.49. The number of nitro benzene ring substituents is 1. The second-order valence-corrected chi connectivity index (χ2v) is 3.94. The van der Waals surface area contributed by atoms with Crippen LogP contribution in [0.3, 0.4) is 0 Å². The lowest BCUT2D eigenvalue weighted by Crippen LogP contribution is -2.05. The van der Waals surface area contributed by atoms with E-state index in [4.69, 9.17) is 0 Å². The summed E-state index contributed by atoms with van der Waals surface area (Å²) in [4.78, 5) is 25.2. The summed E-state index contributed by atoms with van der Waals surface area (Å²) >= 11 is 0. The Hall–Kier alpha value is -3.03. The number of anilines is 2. The Kier molecular flexibility index (Phi) is 4.07. The Morgan fingerprint density at radius 1 is 1.38 bits per heavy atom. The number of aromatic nitrogens is 1. The van der Waals surface area contributed by atoms with Crippen molar-refractivity contribution in [3.8, 4) is 0 Å². The molecule has 108 valence electrons. The molecule has 1 heterocycles. The number of nitrogens with zero attached hydrogens (tertiary/aromatic N) is 2. The van der Waals surface area contributed by atoms with Crippen molar-refractivity contribution in [1.29, 1.82) is 0 Å². The highest BCUT2D eigenvalue weighted by molar-refractivity contribution is 5.87. The number of pyridine rings is 1. The van der Waals surface area contributed by atoms with E-state index < -0.39 is 22.4 Å². The molecule has 0 spiro atoms. The van der Waals surface area contributed by atoms with Gasteiger partial charge in [-0.1, -0.05) is 6.07 Å². The Morgan fingerprint density at radius 2 is 2.14 bits per heavy atom. The summed E-state index contributed by atoms with van der Waals surface area (Å²) in [5, 5.41) is 13.4. The zero-order valence-electron chi connectivity index (χ0n) is 10.9. The van der Waals surface area contributed by atoms with Crippen LogP contribution in [0.2, 0.25) is 0 Å². The number of halogens is 1.